The quantitative estimate of drug-likeness (QED) is 0.893. The van der Waals surface area contributed by atoms with Gasteiger partial charge in [0.2, 0.25) is 0 Å². The summed E-state index contributed by atoms with van der Waals surface area (Å²) in [5.41, 5.74) is 0.942. The molecule has 1 fully saturated rings. The van der Waals surface area contributed by atoms with Gasteiger partial charge in [0, 0.05) is 10.4 Å². The van der Waals surface area contributed by atoms with Crippen molar-refractivity contribution in [3.8, 4) is 0 Å². The molecular formula is C14H23NOS. The predicted octanol–water partition coefficient (Wildman–Crippen LogP) is 3.35. The van der Waals surface area contributed by atoms with Crippen molar-refractivity contribution in [2.45, 2.75) is 51.7 Å². The van der Waals surface area contributed by atoms with Crippen molar-refractivity contribution < 1.29 is 5.11 Å². The largest absolute Gasteiger partial charge is 0.386 e. The standard InChI is InChI=1S/C14H23NOS/c1-11-12(7-10-17-11)13(16)14(2,3)15-8-5-4-6-9-15/h7,10,13,16H,4-6,8-9H2,1-3H3. The Morgan fingerprint density at radius 2 is 1.94 bits per heavy atom. The normalized spacial score (nSPS) is 20.5. The number of aliphatic hydroxyl groups excluding tert-OH is 1. The third-order valence-electron chi connectivity index (χ3n) is 4.03. The summed E-state index contributed by atoms with van der Waals surface area (Å²) in [6.07, 6.45) is 3.48. The Hall–Kier alpha value is -0.380. The Labute approximate surface area is 108 Å². The number of rotatable bonds is 3. The number of hydrogen-bond acceptors (Lipinski definition) is 3. The lowest BCUT2D eigenvalue weighted by atomic mass is 9.88. The first-order chi connectivity index (χ1) is 8.03. The van der Waals surface area contributed by atoms with Crippen LogP contribution in [0.5, 0.6) is 0 Å². The summed E-state index contributed by atoms with van der Waals surface area (Å²) >= 11 is 1.72. The average Bonchev–Trinajstić information content (AvgIpc) is 2.75. The van der Waals surface area contributed by atoms with E-state index in [-0.39, 0.29) is 11.6 Å². The van der Waals surface area contributed by atoms with E-state index in [2.05, 4.69) is 37.1 Å². The molecule has 17 heavy (non-hydrogen) atoms. The average molecular weight is 253 g/mol. The maximum atomic E-state index is 10.6. The summed E-state index contributed by atoms with van der Waals surface area (Å²) in [7, 11) is 0. The smallest absolute Gasteiger partial charge is 0.0978 e. The SMILES string of the molecule is Cc1sccc1C(O)C(C)(C)N1CCCCC1. The van der Waals surface area contributed by atoms with Crippen LogP contribution < -0.4 is 0 Å². The van der Waals surface area contributed by atoms with E-state index >= 15 is 0 Å². The first-order valence-corrected chi connectivity index (χ1v) is 7.38. The van der Waals surface area contributed by atoms with E-state index in [9.17, 15) is 5.11 Å². The summed E-state index contributed by atoms with van der Waals surface area (Å²) < 4.78 is 0. The molecule has 1 aromatic rings. The van der Waals surface area contributed by atoms with Gasteiger partial charge in [-0.05, 0) is 63.7 Å². The minimum Gasteiger partial charge on any atom is -0.386 e. The lowest BCUT2D eigenvalue weighted by Gasteiger charge is -2.44. The molecule has 0 bridgehead atoms. The number of thiophene rings is 1. The summed E-state index contributed by atoms with van der Waals surface area (Å²) in [6.45, 7) is 8.66. The van der Waals surface area contributed by atoms with Gasteiger partial charge in [-0.3, -0.25) is 4.90 Å². The molecule has 0 radical (unpaired) electrons. The predicted molar refractivity (Wildman–Crippen MR) is 73.5 cm³/mol. The van der Waals surface area contributed by atoms with Crippen LogP contribution in [0, 0.1) is 6.92 Å². The Kier molecular flexibility index (Phi) is 3.91. The van der Waals surface area contributed by atoms with Gasteiger partial charge in [0.05, 0.1) is 6.10 Å². The summed E-state index contributed by atoms with van der Waals surface area (Å²) in [5, 5.41) is 12.7. The molecule has 1 aromatic heterocycles. The molecule has 1 N–H and O–H groups in total. The molecule has 0 aliphatic carbocycles. The highest BCUT2D eigenvalue weighted by Crippen LogP contribution is 2.35. The molecule has 2 heterocycles. The topological polar surface area (TPSA) is 23.5 Å². The fourth-order valence-electron chi connectivity index (χ4n) is 2.70. The molecule has 0 saturated carbocycles. The summed E-state index contributed by atoms with van der Waals surface area (Å²) in [6, 6.07) is 2.07. The van der Waals surface area contributed by atoms with E-state index < -0.39 is 0 Å². The third-order valence-corrected chi connectivity index (χ3v) is 4.90. The summed E-state index contributed by atoms with van der Waals surface area (Å²) in [5.74, 6) is 0. The second-order valence-electron chi connectivity index (χ2n) is 5.54. The van der Waals surface area contributed by atoms with Crippen molar-refractivity contribution in [3.05, 3.63) is 21.9 Å². The van der Waals surface area contributed by atoms with E-state index in [0.717, 1.165) is 18.7 Å². The van der Waals surface area contributed by atoms with Crippen LogP contribution >= 0.6 is 11.3 Å². The fourth-order valence-corrected chi connectivity index (χ4v) is 3.44. The van der Waals surface area contributed by atoms with Crippen LogP contribution in [0.2, 0.25) is 0 Å². The van der Waals surface area contributed by atoms with Crippen LogP contribution in [0.25, 0.3) is 0 Å². The molecule has 0 amide bonds. The maximum absolute atomic E-state index is 10.6. The van der Waals surface area contributed by atoms with Crippen LogP contribution in [0.15, 0.2) is 11.4 Å². The Bertz CT molecular complexity index is 366. The van der Waals surface area contributed by atoms with Gasteiger partial charge in [0.25, 0.3) is 0 Å². The number of aliphatic hydroxyl groups is 1. The molecular weight excluding hydrogens is 230 g/mol. The van der Waals surface area contributed by atoms with Gasteiger partial charge < -0.3 is 5.11 Å². The molecule has 0 spiro atoms. The number of piperidine rings is 1. The number of aryl methyl sites for hydroxylation is 1. The van der Waals surface area contributed by atoms with Gasteiger partial charge in [-0.15, -0.1) is 11.3 Å². The van der Waals surface area contributed by atoms with Crippen molar-refractivity contribution in [1.82, 2.24) is 4.90 Å². The molecule has 3 heteroatoms. The summed E-state index contributed by atoms with van der Waals surface area (Å²) in [4.78, 5) is 3.68. The Morgan fingerprint density at radius 1 is 1.29 bits per heavy atom. The van der Waals surface area contributed by atoms with Crippen LogP contribution in [0.4, 0.5) is 0 Å². The molecule has 1 aliphatic rings. The van der Waals surface area contributed by atoms with Crippen LogP contribution in [0.1, 0.15) is 49.7 Å². The molecule has 2 rings (SSSR count). The van der Waals surface area contributed by atoms with Crippen molar-refractivity contribution in [1.29, 1.82) is 0 Å². The van der Waals surface area contributed by atoms with Crippen LogP contribution in [0.3, 0.4) is 0 Å². The minimum atomic E-state index is -0.383. The highest BCUT2D eigenvalue weighted by atomic mass is 32.1. The number of likely N-dealkylation sites (tertiary alicyclic amines) is 1. The highest BCUT2D eigenvalue weighted by molar-refractivity contribution is 7.10. The van der Waals surface area contributed by atoms with Crippen molar-refractivity contribution in [2.24, 2.45) is 0 Å². The van der Waals surface area contributed by atoms with Crippen molar-refractivity contribution in [3.63, 3.8) is 0 Å². The zero-order valence-electron chi connectivity index (χ0n) is 11.1. The second kappa shape index (κ2) is 5.09. The first-order valence-electron chi connectivity index (χ1n) is 6.50. The molecule has 0 aromatic carbocycles. The van der Waals surface area contributed by atoms with Crippen molar-refractivity contribution >= 4 is 11.3 Å². The lowest BCUT2D eigenvalue weighted by molar-refractivity contribution is -0.0209. The molecule has 1 saturated heterocycles. The fraction of sp³-hybridized carbons (Fsp3) is 0.714. The second-order valence-corrected chi connectivity index (χ2v) is 6.66. The van der Waals surface area contributed by atoms with Gasteiger partial charge in [0.15, 0.2) is 0 Å². The number of hydrogen-bond donors (Lipinski definition) is 1. The molecule has 1 atom stereocenters. The maximum Gasteiger partial charge on any atom is 0.0978 e. The third kappa shape index (κ3) is 2.56. The molecule has 2 nitrogen and oxygen atoms in total. The van der Waals surface area contributed by atoms with Gasteiger partial charge in [-0.2, -0.15) is 0 Å². The molecule has 1 aliphatic heterocycles. The molecule has 1 unspecified atom stereocenters. The Balaban J connectivity index is 2.16. The zero-order chi connectivity index (χ0) is 12.5. The van der Waals surface area contributed by atoms with Gasteiger partial charge >= 0.3 is 0 Å². The minimum absolute atomic E-state index is 0.160. The van der Waals surface area contributed by atoms with Crippen LogP contribution in [-0.4, -0.2) is 28.6 Å². The zero-order valence-corrected chi connectivity index (χ0v) is 11.9. The Morgan fingerprint density at radius 3 is 2.47 bits per heavy atom. The van der Waals surface area contributed by atoms with E-state index in [4.69, 9.17) is 0 Å². The first kappa shape index (κ1) is 13.1. The van der Waals surface area contributed by atoms with Gasteiger partial charge in [-0.1, -0.05) is 6.42 Å². The van der Waals surface area contributed by atoms with E-state index in [1.54, 1.807) is 11.3 Å². The highest BCUT2D eigenvalue weighted by Gasteiger charge is 2.36. The van der Waals surface area contributed by atoms with E-state index in [0.29, 0.717) is 0 Å². The van der Waals surface area contributed by atoms with E-state index in [1.807, 2.05) is 0 Å². The number of nitrogens with zero attached hydrogens (tertiary/aromatic N) is 1. The van der Waals surface area contributed by atoms with Crippen LogP contribution in [-0.2, 0) is 0 Å². The van der Waals surface area contributed by atoms with E-state index in [1.165, 1.54) is 24.1 Å². The monoisotopic (exact) mass is 253 g/mol. The lowest BCUT2D eigenvalue weighted by Crippen LogP contribution is -2.50. The van der Waals surface area contributed by atoms with Crippen molar-refractivity contribution in [2.75, 3.05) is 13.1 Å². The van der Waals surface area contributed by atoms with Gasteiger partial charge in [-0.25, -0.2) is 0 Å². The van der Waals surface area contributed by atoms with Gasteiger partial charge in [0.1, 0.15) is 0 Å². The molecule has 96 valence electrons.